The van der Waals surface area contributed by atoms with Crippen molar-refractivity contribution in [2.45, 2.75) is 13.8 Å². The maximum absolute atomic E-state index is 12.3. The number of rotatable bonds is 7. The Morgan fingerprint density at radius 1 is 0.917 bits per heavy atom. The molecule has 0 bridgehead atoms. The molecular formula is C25H21Cl3N4O4. The van der Waals surface area contributed by atoms with Crippen LogP contribution in [0, 0.1) is 13.8 Å². The monoisotopic (exact) mass is 546 g/mol. The lowest BCUT2D eigenvalue weighted by molar-refractivity contribution is -0.136. The minimum Gasteiger partial charge on any atom is -0.483 e. The Balaban J connectivity index is 1.61. The van der Waals surface area contributed by atoms with Crippen LogP contribution in [0.3, 0.4) is 0 Å². The number of para-hydroxylation sites is 1. The molecule has 0 heterocycles. The third kappa shape index (κ3) is 7.21. The molecule has 0 aliphatic rings. The molecule has 3 aromatic rings. The fraction of sp³-hybridized carbons (Fsp3) is 0.120. The van der Waals surface area contributed by atoms with Crippen LogP contribution in [0.2, 0.25) is 15.1 Å². The normalized spacial score (nSPS) is 10.7. The van der Waals surface area contributed by atoms with E-state index in [1.165, 1.54) is 12.3 Å². The standard InChI is InChI=1S/C25H21Cl3N4O4/c1-14-5-3-6-15(2)23(14)31-24(34)25(35)32-29-12-16-11-17(26)9-10-20(16)36-13-21(33)30-19-8-4-7-18(27)22(19)28/h3-12H,13H2,1-2H3,(H,30,33)(H,31,34)(H,32,35)/b29-12-. The lowest BCUT2D eigenvalue weighted by atomic mass is 10.1. The molecule has 11 heteroatoms. The number of halogens is 3. The summed E-state index contributed by atoms with van der Waals surface area (Å²) in [4.78, 5) is 36.7. The van der Waals surface area contributed by atoms with E-state index in [0.717, 1.165) is 11.1 Å². The molecule has 3 N–H and O–H groups in total. The van der Waals surface area contributed by atoms with Crippen LogP contribution in [-0.2, 0) is 14.4 Å². The summed E-state index contributed by atoms with van der Waals surface area (Å²) in [5.74, 6) is -2.04. The summed E-state index contributed by atoms with van der Waals surface area (Å²) in [7, 11) is 0. The zero-order valence-corrected chi connectivity index (χ0v) is 21.5. The summed E-state index contributed by atoms with van der Waals surface area (Å²) < 4.78 is 5.58. The highest BCUT2D eigenvalue weighted by Crippen LogP contribution is 2.29. The van der Waals surface area contributed by atoms with Crippen molar-refractivity contribution < 1.29 is 19.1 Å². The molecule has 3 aromatic carbocycles. The Morgan fingerprint density at radius 3 is 2.33 bits per heavy atom. The number of nitrogens with one attached hydrogen (secondary N) is 3. The molecule has 0 aliphatic heterocycles. The van der Waals surface area contributed by atoms with Crippen molar-refractivity contribution in [1.29, 1.82) is 0 Å². The summed E-state index contributed by atoms with van der Waals surface area (Å²) in [5, 5.41) is 9.88. The van der Waals surface area contributed by atoms with Gasteiger partial charge in [-0.3, -0.25) is 14.4 Å². The van der Waals surface area contributed by atoms with Crippen molar-refractivity contribution in [3.8, 4) is 5.75 Å². The van der Waals surface area contributed by atoms with Gasteiger partial charge in [-0.25, -0.2) is 5.43 Å². The summed E-state index contributed by atoms with van der Waals surface area (Å²) >= 11 is 18.1. The van der Waals surface area contributed by atoms with Crippen molar-refractivity contribution in [2.75, 3.05) is 17.2 Å². The average molecular weight is 548 g/mol. The van der Waals surface area contributed by atoms with E-state index in [4.69, 9.17) is 39.5 Å². The highest BCUT2D eigenvalue weighted by molar-refractivity contribution is 6.44. The summed E-state index contributed by atoms with van der Waals surface area (Å²) in [5.41, 5.74) is 5.07. The molecule has 0 unspecified atom stereocenters. The van der Waals surface area contributed by atoms with Crippen LogP contribution in [0.1, 0.15) is 16.7 Å². The smallest absolute Gasteiger partial charge is 0.329 e. The van der Waals surface area contributed by atoms with Gasteiger partial charge >= 0.3 is 11.8 Å². The van der Waals surface area contributed by atoms with E-state index in [9.17, 15) is 14.4 Å². The van der Waals surface area contributed by atoms with Gasteiger partial charge in [0.15, 0.2) is 6.61 Å². The zero-order chi connectivity index (χ0) is 26.2. The number of aryl methyl sites for hydroxylation is 2. The Kier molecular flexibility index (Phi) is 9.30. The Hall–Kier alpha value is -3.59. The SMILES string of the molecule is Cc1cccc(C)c1NC(=O)C(=O)N/N=C\c1cc(Cl)ccc1OCC(=O)Nc1cccc(Cl)c1Cl. The number of hydrogen-bond acceptors (Lipinski definition) is 5. The Labute approximate surface area is 222 Å². The molecule has 3 amide bonds. The van der Waals surface area contributed by atoms with Crippen LogP contribution in [0.4, 0.5) is 11.4 Å². The van der Waals surface area contributed by atoms with E-state index >= 15 is 0 Å². The van der Waals surface area contributed by atoms with Gasteiger partial charge in [0, 0.05) is 16.3 Å². The van der Waals surface area contributed by atoms with E-state index in [-0.39, 0.29) is 17.4 Å². The maximum atomic E-state index is 12.3. The number of ether oxygens (including phenoxy) is 1. The Bertz CT molecular complexity index is 1320. The van der Waals surface area contributed by atoms with E-state index in [1.807, 2.05) is 32.0 Å². The van der Waals surface area contributed by atoms with Gasteiger partial charge in [-0.2, -0.15) is 5.10 Å². The molecule has 0 aliphatic carbocycles. The molecule has 0 saturated heterocycles. The predicted molar refractivity (Wildman–Crippen MR) is 142 cm³/mol. The highest BCUT2D eigenvalue weighted by Gasteiger charge is 2.15. The maximum Gasteiger partial charge on any atom is 0.329 e. The molecule has 3 rings (SSSR count). The summed E-state index contributed by atoms with van der Waals surface area (Å²) in [6.07, 6.45) is 1.25. The van der Waals surface area contributed by atoms with E-state index in [0.29, 0.717) is 27.0 Å². The molecule has 8 nitrogen and oxygen atoms in total. The van der Waals surface area contributed by atoms with Gasteiger partial charge in [0.1, 0.15) is 5.75 Å². The van der Waals surface area contributed by atoms with E-state index in [1.54, 1.807) is 30.3 Å². The van der Waals surface area contributed by atoms with Crippen LogP contribution >= 0.6 is 34.8 Å². The lowest BCUT2D eigenvalue weighted by Gasteiger charge is -2.11. The quantitative estimate of drug-likeness (QED) is 0.210. The molecule has 0 aromatic heterocycles. The van der Waals surface area contributed by atoms with E-state index in [2.05, 4.69) is 21.2 Å². The largest absolute Gasteiger partial charge is 0.483 e. The molecule has 0 spiro atoms. The Morgan fingerprint density at radius 2 is 1.61 bits per heavy atom. The van der Waals surface area contributed by atoms with Gasteiger partial charge < -0.3 is 15.4 Å². The topological polar surface area (TPSA) is 109 Å². The van der Waals surface area contributed by atoms with Crippen LogP contribution in [0.15, 0.2) is 59.7 Å². The predicted octanol–water partition coefficient (Wildman–Crippen LogP) is 5.37. The summed E-state index contributed by atoms with van der Waals surface area (Å²) in [6, 6.07) is 15.0. The highest BCUT2D eigenvalue weighted by atomic mass is 35.5. The number of carbonyl (C=O) groups is 3. The first-order chi connectivity index (χ1) is 17.2. The number of amides is 3. The molecule has 0 fully saturated rings. The number of nitrogens with zero attached hydrogens (tertiary/aromatic N) is 1. The number of carbonyl (C=O) groups excluding carboxylic acids is 3. The lowest BCUT2D eigenvalue weighted by Crippen LogP contribution is -2.32. The van der Waals surface area contributed by atoms with Gasteiger partial charge in [0.2, 0.25) is 0 Å². The van der Waals surface area contributed by atoms with Crippen LogP contribution in [0.25, 0.3) is 0 Å². The molecular weight excluding hydrogens is 527 g/mol. The number of hydrazone groups is 1. The van der Waals surface area contributed by atoms with Gasteiger partial charge in [0.05, 0.1) is 21.9 Å². The van der Waals surface area contributed by atoms with Crippen molar-refractivity contribution >= 4 is 70.1 Å². The molecule has 0 radical (unpaired) electrons. The van der Waals surface area contributed by atoms with Gasteiger partial charge in [-0.1, -0.05) is 59.1 Å². The minimum atomic E-state index is -0.962. The van der Waals surface area contributed by atoms with Gasteiger partial charge in [0.25, 0.3) is 5.91 Å². The number of anilines is 2. The fourth-order valence-electron chi connectivity index (χ4n) is 3.07. The van der Waals surface area contributed by atoms with Crippen molar-refractivity contribution in [3.05, 3.63) is 86.4 Å². The molecule has 0 saturated carbocycles. The second kappa shape index (κ2) is 12.4. The summed E-state index contributed by atoms with van der Waals surface area (Å²) in [6.45, 7) is 3.29. The average Bonchev–Trinajstić information content (AvgIpc) is 2.83. The van der Waals surface area contributed by atoms with Crippen LogP contribution in [0.5, 0.6) is 5.75 Å². The van der Waals surface area contributed by atoms with E-state index < -0.39 is 17.7 Å². The molecule has 36 heavy (non-hydrogen) atoms. The first-order valence-electron chi connectivity index (χ1n) is 10.5. The second-order valence-electron chi connectivity index (χ2n) is 7.54. The van der Waals surface area contributed by atoms with Crippen molar-refractivity contribution in [3.63, 3.8) is 0 Å². The first kappa shape index (κ1) is 27.0. The second-order valence-corrected chi connectivity index (χ2v) is 8.76. The first-order valence-corrected chi connectivity index (χ1v) is 11.7. The van der Waals surface area contributed by atoms with Gasteiger partial charge in [-0.15, -0.1) is 0 Å². The van der Waals surface area contributed by atoms with Crippen molar-refractivity contribution in [2.24, 2.45) is 5.10 Å². The minimum absolute atomic E-state index is 0.212. The molecule has 0 atom stereocenters. The van der Waals surface area contributed by atoms with Crippen LogP contribution < -0.4 is 20.8 Å². The van der Waals surface area contributed by atoms with Crippen LogP contribution in [-0.4, -0.2) is 30.5 Å². The number of hydrogen-bond donors (Lipinski definition) is 3. The third-order valence-corrected chi connectivity index (χ3v) is 5.91. The third-order valence-electron chi connectivity index (χ3n) is 4.85. The van der Waals surface area contributed by atoms with Gasteiger partial charge in [-0.05, 0) is 55.3 Å². The molecule has 186 valence electrons. The number of benzene rings is 3. The zero-order valence-electron chi connectivity index (χ0n) is 19.2. The van der Waals surface area contributed by atoms with Crippen molar-refractivity contribution in [1.82, 2.24) is 5.43 Å². The fourth-order valence-corrected chi connectivity index (χ4v) is 3.60.